The first-order valence-electron chi connectivity index (χ1n) is 17.1. The molecule has 3 atom stereocenters. The average molecular weight is 682 g/mol. The van der Waals surface area contributed by atoms with Crippen molar-refractivity contribution in [3.63, 3.8) is 0 Å². The van der Waals surface area contributed by atoms with E-state index in [1.807, 2.05) is 44.2 Å². The summed E-state index contributed by atoms with van der Waals surface area (Å²) in [5.41, 5.74) is 2.93. The van der Waals surface area contributed by atoms with E-state index in [2.05, 4.69) is 20.5 Å². The standard InChI is InChI=1S/C39H44FN5O5/c1-6-39(7-2,38(49)50-23-27-12-9-8-10-13-27)34-17-16-33(28-14-11-15-31(40)20-28)45(34)37(48)26(5)42-35(46)30-18-24(3)32(41-22-30)21-29-19-25(4)43-44-36(29)47/h8-15,18-20,22,26,33-34H,6-7,16-17,21,23H2,1-5H3,(H,42,46)(H,44,47)/t26-,33+,34-/m1/s1. The molecule has 0 saturated carbocycles. The van der Waals surface area contributed by atoms with E-state index in [0.717, 1.165) is 5.56 Å². The number of amides is 2. The number of likely N-dealkylation sites (tertiary alicyclic amines) is 1. The summed E-state index contributed by atoms with van der Waals surface area (Å²) < 4.78 is 20.4. The molecule has 0 aliphatic carbocycles. The molecule has 10 nitrogen and oxygen atoms in total. The molecule has 0 spiro atoms. The molecule has 1 fully saturated rings. The van der Waals surface area contributed by atoms with Gasteiger partial charge in [0.15, 0.2) is 0 Å². The number of aryl methyl sites for hydroxylation is 2. The minimum Gasteiger partial charge on any atom is -0.460 e. The van der Waals surface area contributed by atoms with E-state index in [-0.39, 0.29) is 30.1 Å². The summed E-state index contributed by atoms with van der Waals surface area (Å²) in [6.07, 6.45) is 3.55. The predicted molar refractivity (Wildman–Crippen MR) is 187 cm³/mol. The molecule has 1 aliphatic rings. The van der Waals surface area contributed by atoms with E-state index in [4.69, 9.17) is 4.74 Å². The molecular weight excluding hydrogens is 637 g/mol. The van der Waals surface area contributed by atoms with Crippen LogP contribution in [0.5, 0.6) is 0 Å². The highest BCUT2D eigenvalue weighted by molar-refractivity contribution is 5.97. The third kappa shape index (κ3) is 7.66. The van der Waals surface area contributed by atoms with Crippen LogP contribution in [0.1, 0.15) is 96.5 Å². The normalized spacial score (nSPS) is 16.6. The average Bonchev–Trinajstić information content (AvgIpc) is 3.56. The molecule has 0 bridgehead atoms. The zero-order chi connectivity index (χ0) is 36.0. The van der Waals surface area contributed by atoms with E-state index in [1.165, 1.54) is 18.3 Å². The number of nitrogens with zero attached hydrogens (tertiary/aromatic N) is 3. The van der Waals surface area contributed by atoms with Gasteiger partial charge in [0.1, 0.15) is 18.5 Å². The van der Waals surface area contributed by atoms with Crippen molar-refractivity contribution in [2.45, 2.75) is 91.5 Å². The minimum absolute atomic E-state index is 0.104. The molecule has 1 aliphatic heterocycles. The van der Waals surface area contributed by atoms with Crippen LogP contribution >= 0.6 is 0 Å². The summed E-state index contributed by atoms with van der Waals surface area (Å²) in [6.45, 7) is 9.14. The van der Waals surface area contributed by atoms with Gasteiger partial charge in [-0.2, -0.15) is 5.10 Å². The fourth-order valence-corrected chi connectivity index (χ4v) is 7.06. The van der Waals surface area contributed by atoms with Gasteiger partial charge in [0, 0.05) is 29.9 Å². The molecule has 262 valence electrons. The largest absolute Gasteiger partial charge is 0.460 e. The highest BCUT2D eigenvalue weighted by Crippen LogP contribution is 2.47. The van der Waals surface area contributed by atoms with Gasteiger partial charge in [-0.15, -0.1) is 0 Å². The highest BCUT2D eigenvalue weighted by atomic mass is 19.1. The molecule has 2 aromatic carbocycles. The van der Waals surface area contributed by atoms with Crippen LogP contribution in [-0.4, -0.2) is 49.9 Å². The van der Waals surface area contributed by atoms with E-state index in [9.17, 15) is 23.6 Å². The maximum absolute atomic E-state index is 14.5. The first-order valence-corrected chi connectivity index (χ1v) is 17.1. The molecule has 2 amide bonds. The first-order chi connectivity index (χ1) is 24.0. The second kappa shape index (κ2) is 15.6. The zero-order valence-electron chi connectivity index (χ0n) is 29.2. The number of H-pyrrole nitrogens is 1. The number of aromatic amines is 1. The number of nitrogens with one attached hydrogen (secondary N) is 2. The number of rotatable bonds is 12. The fraction of sp³-hybridized carbons (Fsp3) is 0.385. The first kappa shape index (κ1) is 36.1. The van der Waals surface area contributed by atoms with Crippen LogP contribution in [-0.2, 0) is 27.4 Å². The molecule has 11 heteroatoms. The molecular formula is C39H44FN5O5. The summed E-state index contributed by atoms with van der Waals surface area (Å²) >= 11 is 0. The second-order valence-corrected chi connectivity index (χ2v) is 13.1. The Morgan fingerprint density at radius 3 is 2.46 bits per heavy atom. The van der Waals surface area contributed by atoms with Gasteiger partial charge in [-0.1, -0.05) is 56.3 Å². The van der Waals surface area contributed by atoms with Crippen LogP contribution in [0.25, 0.3) is 0 Å². The summed E-state index contributed by atoms with van der Waals surface area (Å²) in [5, 5.41) is 9.21. The van der Waals surface area contributed by atoms with Crippen LogP contribution in [0.4, 0.5) is 4.39 Å². The zero-order valence-corrected chi connectivity index (χ0v) is 29.2. The molecule has 2 N–H and O–H groups in total. The van der Waals surface area contributed by atoms with Crippen molar-refractivity contribution in [2.75, 3.05) is 0 Å². The maximum atomic E-state index is 14.5. The summed E-state index contributed by atoms with van der Waals surface area (Å²) in [4.78, 5) is 60.3. The summed E-state index contributed by atoms with van der Waals surface area (Å²) in [6, 6.07) is 16.9. The Kier molecular flexibility index (Phi) is 11.2. The van der Waals surface area contributed by atoms with Crippen molar-refractivity contribution in [1.29, 1.82) is 0 Å². The van der Waals surface area contributed by atoms with Gasteiger partial charge >= 0.3 is 5.97 Å². The second-order valence-electron chi connectivity index (χ2n) is 13.1. The summed E-state index contributed by atoms with van der Waals surface area (Å²) in [5.74, 6) is -1.69. The van der Waals surface area contributed by atoms with E-state index in [0.29, 0.717) is 53.8 Å². The number of hydrogen-bond donors (Lipinski definition) is 2. The molecule has 5 rings (SSSR count). The lowest BCUT2D eigenvalue weighted by molar-refractivity contribution is -0.164. The molecule has 4 aromatic rings. The number of aromatic nitrogens is 3. The van der Waals surface area contributed by atoms with Gasteiger partial charge in [-0.05, 0) is 87.4 Å². The fourth-order valence-electron chi connectivity index (χ4n) is 7.06. The van der Waals surface area contributed by atoms with E-state index < -0.39 is 41.2 Å². The number of pyridine rings is 1. The Bertz CT molecular complexity index is 1910. The minimum atomic E-state index is -1.03. The molecule has 0 unspecified atom stereocenters. The smallest absolute Gasteiger partial charge is 0.314 e. The lowest BCUT2D eigenvalue weighted by atomic mass is 9.74. The van der Waals surface area contributed by atoms with Crippen LogP contribution in [0.3, 0.4) is 0 Å². The van der Waals surface area contributed by atoms with Crippen LogP contribution in [0.2, 0.25) is 0 Å². The number of carbonyl (C=O) groups is 3. The third-order valence-electron chi connectivity index (χ3n) is 9.93. The Labute approximate surface area is 291 Å². The molecule has 3 heterocycles. The van der Waals surface area contributed by atoms with Gasteiger partial charge < -0.3 is 15.0 Å². The molecule has 50 heavy (non-hydrogen) atoms. The van der Waals surface area contributed by atoms with Gasteiger partial charge in [0.05, 0.1) is 22.7 Å². The lowest BCUT2D eigenvalue weighted by Crippen LogP contribution is -2.56. The SMILES string of the molecule is CCC(CC)(C(=O)OCc1ccccc1)[C@H]1CC[C@@H](c2cccc(F)c2)N1C(=O)[C@@H](C)NC(=O)c1cnc(Cc2cc(C)n[nH]c2=O)c(C)c1. The number of halogens is 1. The molecule has 1 saturated heterocycles. The quantitative estimate of drug-likeness (QED) is 0.178. The molecule has 0 radical (unpaired) electrons. The van der Waals surface area contributed by atoms with Crippen LogP contribution in [0.15, 0.2) is 77.7 Å². The number of hydrogen-bond acceptors (Lipinski definition) is 7. The highest BCUT2D eigenvalue weighted by Gasteiger charge is 2.53. The molecule has 2 aromatic heterocycles. The van der Waals surface area contributed by atoms with E-state index >= 15 is 0 Å². The number of ether oxygens (including phenoxy) is 1. The maximum Gasteiger partial charge on any atom is 0.314 e. The van der Waals surface area contributed by atoms with Crippen LogP contribution < -0.4 is 10.9 Å². The topological polar surface area (TPSA) is 134 Å². The van der Waals surface area contributed by atoms with Crippen molar-refractivity contribution >= 4 is 17.8 Å². The number of benzene rings is 2. The van der Waals surface area contributed by atoms with Gasteiger partial charge in [0.2, 0.25) is 5.91 Å². The van der Waals surface area contributed by atoms with Gasteiger partial charge in [-0.3, -0.25) is 24.2 Å². The van der Waals surface area contributed by atoms with Crippen LogP contribution in [0, 0.1) is 25.1 Å². The van der Waals surface area contributed by atoms with Gasteiger partial charge in [-0.25, -0.2) is 9.49 Å². The van der Waals surface area contributed by atoms with Gasteiger partial charge in [0.25, 0.3) is 11.5 Å². The Balaban J connectivity index is 1.39. The predicted octanol–water partition coefficient (Wildman–Crippen LogP) is 5.91. The van der Waals surface area contributed by atoms with Crippen molar-refractivity contribution in [3.8, 4) is 0 Å². The summed E-state index contributed by atoms with van der Waals surface area (Å²) in [7, 11) is 0. The van der Waals surface area contributed by atoms with Crippen molar-refractivity contribution in [2.24, 2.45) is 5.41 Å². The third-order valence-corrected chi connectivity index (χ3v) is 9.93. The van der Waals surface area contributed by atoms with Crippen molar-refractivity contribution in [3.05, 3.63) is 128 Å². The number of esters is 1. The Morgan fingerprint density at radius 1 is 1.04 bits per heavy atom. The van der Waals surface area contributed by atoms with E-state index in [1.54, 1.807) is 49.9 Å². The Morgan fingerprint density at radius 2 is 1.78 bits per heavy atom. The Hall–Kier alpha value is -5.19. The van der Waals surface area contributed by atoms with Crippen molar-refractivity contribution < 1.29 is 23.5 Å². The number of carbonyl (C=O) groups excluding carboxylic acids is 3. The van der Waals surface area contributed by atoms with Crippen molar-refractivity contribution in [1.82, 2.24) is 25.4 Å². The lowest BCUT2D eigenvalue weighted by Gasteiger charge is -2.43. The monoisotopic (exact) mass is 681 g/mol.